The van der Waals surface area contributed by atoms with Gasteiger partial charge in [0, 0.05) is 6.20 Å². The second kappa shape index (κ2) is 4.85. The van der Waals surface area contributed by atoms with Gasteiger partial charge < -0.3 is 14.5 Å². The molecule has 3 rings (SSSR count). The SMILES string of the molecule is COc1cccc(-c2nc3ncc(C)cc3[nH]2)c1OC. The second-order valence-electron chi connectivity index (χ2n) is 4.51. The molecule has 0 saturated heterocycles. The van der Waals surface area contributed by atoms with E-state index < -0.39 is 0 Å². The zero-order valence-corrected chi connectivity index (χ0v) is 11.6. The number of imidazole rings is 1. The van der Waals surface area contributed by atoms with Gasteiger partial charge in [0.25, 0.3) is 0 Å². The van der Waals surface area contributed by atoms with Crippen molar-refractivity contribution in [1.82, 2.24) is 15.0 Å². The van der Waals surface area contributed by atoms with Gasteiger partial charge in [-0.1, -0.05) is 6.07 Å². The molecule has 0 atom stereocenters. The quantitative estimate of drug-likeness (QED) is 0.794. The molecule has 0 saturated carbocycles. The molecule has 5 nitrogen and oxygen atoms in total. The van der Waals surface area contributed by atoms with Crippen molar-refractivity contribution in [2.75, 3.05) is 14.2 Å². The molecule has 1 N–H and O–H groups in total. The van der Waals surface area contributed by atoms with E-state index in [-0.39, 0.29) is 0 Å². The van der Waals surface area contributed by atoms with Crippen LogP contribution >= 0.6 is 0 Å². The van der Waals surface area contributed by atoms with Gasteiger partial charge in [0.15, 0.2) is 17.1 Å². The third kappa shape index (κ3) is 1.97. The number of para-hydroxylation sites is 1. The Morgan fingerprint density at radius 2 is 2.00 bits per heavy atom. The molecule has 0 aliphatic carbocycles. The summed E-state index contributed by atoms with van der Waals surface area (Å²) in [7, 11) is 3.23. The van der Waals surface area contributed by atoms with Crippen LogP contribution in [-0.4, -0.2) is 29.2 Å². The maximum absolute atomic E-state index is 5.44. The fraction of sp³-hybridized carbons (Fsp3) is 0.200. The summed E-state index contributed by atoms with van der Waals surface area (Å²) in [4.78, 5) is 12.1. The zero-order valence-electron chi connectivity index (χ0n) is 11.6. The van der Waals surface area contributed by atoms with Crippen molar-refractivity contribution in [3.63, 3.8) is 0 Å². The number of aromatic amines is 1. The first-order valence-corrected chi connectivity index (χ1v) is 6.26. The van der Waals surface area contributed by atoms with E-state index >= 15 is 0 Å². The molecule has 0 unspecified atom stereocenters. The molecule has 20 heavy (non-hydrogen) atoms. The fourth-order valence-electron chi connectivity index (χ4n) is 2.21. The molecule has 5 heteroatoms. The number of benzene rings is 1. The van der Waals surface area contributed by atoms with Crippen LogP contribution in [0.25, 0.3) is 22.6 Å². The number of pyridine rings is 1. The molecule has 0 aliphatic rings. The van der Waals surface area contributed by atoms with Crippen LogP contribution in [0.4, 0.5) is 0 Å². The lowest BCUT2D eigenvalue weighted by molar-refractivity contribution is 0.356. The van der Waals surface area contributed by atoms with Gasteiger partial charge in [-0.25, -0.2) is 9.97 Å². The van der Waals surface area contributed by atoms with E-state index in [1.807, 2.05) is 31.2 Å². The van der Waals surface area contributed by atoms with E-state index in [1.54, 1.807) is 20.4 Å². The van der Waals surface area contributed by atoms with Crippen molar-refractivity contribution in [3.05, 3.63) is 36.0 Å². The summed E-state index contributed by atoms with van der Waals surface area (Å²) in [5.41, 5.74) is 3.54. The van der Waals surface area contributed by atoms with Crippen molar-refractivity contribution >= 4 is 11.2 Å². The smallest absolute Gasteiger partial charge is 0.178 e. The molecule has 2 aromatic heterocycles. The first-order chi connectivity index (χ1) is 9.72. The summed E-state index contributed by atoms with van der Waals surface area (Å²) in [6.45, 7) is 2.00. The Morgan fingerprint density at radius 1 is 1.15 bits per heavy atom. The predicted molar refractivity (Wildman–Crippen MR) is 77.2 cm³/mol. The molecule has 2 heterocycles. The standard InChI is InChI=1S/C15H15N3O2/c1-9-7-11-15(16-8-9)18-14(17-11)10-5-4-6-12(19-2)13(10)20-3/h4-8H,1-3H3,(H,16,17,18). The Balaban J connectivity index is 2.20. The summed E-state index contributed by atoms with van der Waals surface area (Å²) >= 11 is 0. The highest BCUT2D eigenvalue weighted by Gasteiger charge is 2.15. The number of H-pyrrole nitrogens is 1. The van der Waals surface area contributed by atoms with E-state index in [0.29, 0.717) is 23.0 Å². The fourth-order valence-corrected chi connectivity index (χ4v) is 2.21. The molecule has 0 bridgehead atoms. The number of aromatic nitrogens is 3. The number of methoxy groups -OCH3 is 2. The first kappa shape index (κ1) is 12.5. The molecule has 0 spiro atoms. The monoisotopic (exact) mass is 269 g/mol. The summed E-state index contributed by atoms with van der Waals surface area (Å²) in [6.07, 6.45) is 1.80. The first-order valence-electron chi connectivity index (χ1n) is 6.26. The van der Waals surface area contributed by atoms with Gasteiger partial charge in [-0.05, 0) is 30.7 Å². The normalized spacial score (nSPS) is 10.8. The van der Waals surface area contributed by atoms with E-state index in [1.165, 1.54) is 0 Å². The average molecular weight is 269 g/mol. The summed E-state index contributed by atoms with van der Waals surface area (Å²) in [6, 6.07) is 7.72. The number of fused-ring (bicyclic) bond motifs is 1. The van der Waals surface area contributed by atoms with Gasteiger partial charge in [0.05, 0.1) is 25.3 Å². The molecule has 0 aliphatic heterocycles. The molecule has 0 amide bonds. The summed E-state index contributed by atoms with van der Waals surface area (Å²) in [5.74, 6) is 2.05. The van der Waals surface area contributed by atoms with Crippen LogP contribution in [0.5, 0.6) is 11.5 Å². The average Bonchev–Trinajstić information content (AvgIpc) is 2.88. The van der Waals surface area contributed by atoms with Gasteiger partial charge >= 0.3 is 0 Å². The number of nitrogens with zero attached hydrogens (tertiary/aromatic N) is 2. The van der Waals surface area contributed by atoms with Crippen LogP contribution < -0.4 is 9.47 Å². The van der Waals surface area contributed by atoms with Crippen LogP contribution in [0.2, 0.25) is 0 Å². The minimum Gasteiger partial charge on any atom is -0.493 e. The van der Waals surface area contributed by atoms with E-state index in [4.69, 9.17) is 9.47 Å². The third-order valence-corrected chi connectivity index (χ3v) is 3.13. The Bertz CT molecular complexity index is 765. The Kier molecular flexibility index (Phi) is 3.02. The number of nitrogens with one attached hydrogen (secondary N) is 1. The lowest BCUT2D eigenvalue weighted by Gasteiger charge is -2.10. The Labute approximate surface area is 116 Å². The zero-order chi connectivity index (χ0) is 14.1. The Hall–Kier alpha value is -2.56. The van der Waals surface area contributed by atoms with Crippen molar-refractivity contribution in [1.29, 1.82) is 0 Å². The molecule has 3 aromatic rings. The van der Waals surface area contributed by atoms with E-state index in [0.717, 1.165) is 16.6 Å². The topological polar surface area (TPSA) is 60.0 Å². The van der Waals surface area contributed by atoms with Crippen molar-refractivity contribution in [2.45, 2.75) is 6.92 Å². The lowest BCUT2D eigenvalue weighted by atomic mass is 10.1. The molecule has 0 radical (unpaired) electrons. The maximum Gasteiger partial charge on any atom is 0.178 e. The predicted octanol–water partition coefficient (Wildman–Crippen LogP) is 2.95. The van der Waals surface area contributed by atoms with Crippen molar-refractivity contribution < 1.29 is 9.47 Å². The maximum atomic E-state index is 5.44. The van der Waals surface area contributed by atoms with Crippen LogP contribution in [0.1, 0.15) is 5.56 Å². The lowest BCUT2D eigenvalue weighted by Crippen LogP contribution is -1.93. The molecule has 102 valence electrons. The van der Waals surface area contributed by atoms with E-state index in [2.05, 4.69) is 15.0 Å². The highest BCUT2D eigenvalue weighted by atomic mass is 16.5. The number of hydrogen-bond donors (Lipinski definition) is 1. The minimum atomic E-state index is 0.658. The van der Waals surface area contributed by atoms with Crippen molar-refractivity contribution in [2.24, 2.45) is 0 Å². The van der Waals surface area contributed by atoms with Crippen molar-refractivity contribution in [3.8, 4) is 22.9 Å². The number of hydrogen-bond acceptors (Lipinski definition) is 4. The number of aryl methyl sites for hydroxylation is 1. The highest BCUT2D eigenvalue weighted by molar-refractivity contribution is 5.79. The largest absolute Gasteiger partial charge is 0.493 e. The molecular weight excluding hydrogens is 254 g/mol. The Morgan fingerprint density at radius 3 is 2.75 bits per heavy atom. The van der Waals surface area contributed by atoms with Crippen LogP contribution in [0.3, 0.4) is 0 Å². The molecule has 1 aromatic carbocycles. The molecular formula is C15H15N3O2. The van der Waals surface area contributed by atoms with Gasteiger partial charge in [0.2, 0.25) is 0 Å². The van der Waals surface area contributed by atoms with Gasteiger partial charge in [0.1, 0.15) is 5.82 Å². The number of ether oxygens (including phenoxy) is 2. The highest BCUT2D eigenvalue weighted by Crippen LogP contribution is 2.36. The summed E-state index contributed by atoms with van der Waals surface area (Å²) in [5, 5.41) is 0. The van der Waals surface area contributed by atoms with Crippen LogP contribution in [0.15, 0.2) is 30.5 Å². The van der Waals surface area contributed by atoms with Crippen LogP contribution in [0, 0.1) is 6.92 Å². The van der Waals surface area contributed by atoms with E-state index in [9.17, 15) is 0 Å². The van der Waals surface area contributed by atoms with Gasteiger partial charge in [-0.3, -0.25) is 0 Å². The van der Waals surface area contributed by atoms with Crippen LogP contribution in [-0.2, 0) is 0 Å². The summed E-state index contributed by atoms with van der Waals surface area (Å²) < 4.78 is 10.7. The second-order valence-corrected chi connectivity index (χ2v) is 4.51. The minimum absolute atomic E-state index is 0.658. The van der Waals surface area contributed by atoms with Gasteiger partial charge in [-0.2, -0.15) is 0 Å². The van der Waals surface area contributed by atoms with Gasteiger partial charge in [-0.15, -0.1) is 0 Å². The molecule has 0 fully saturated rings. The number of rotatable bonds is 3. The third-order valence-electron chi connectivity index (χ3n) is 3.13.